The number of amides is 2. The van der Waals surface area contributed by atoms with Gasteiger partial charge in [-0.2, -0.15) is 0 Å². The molecule has 0 saturated carbocycles. The van der Waals surface area contributed by atoms with E-state index in [1.807, 2.05) is 0 Å². The van der Waals surface area contributed by atoms with Crippen LogP contribution in [0, 0.1) is 11.6 Å². The third-order valence-corrected chi connectivity index (χ3v) is 5.73. The Labute approximate surface area is 174 Å². The second-order valence-corrected chi connectivity index (χ2v) is 7.81. The number of carbonyl (C=O) groups is 1. The monoisotopic (exact) mass is 413 g/mol. The molecule has 0 aliphatic carbocycles. The van der Waals surface area contributed by atoms with Crippen molar-refractivity contribution in [2.45, 2.75) is 44.9 Å². The Morgan fingerprint density at radius 3 is 2.77 bits per heavy atom. The highest BCUT2D eigenvalue weighted by Gasteiger charge is 2.27. The van der Waals surface area contributed by atoms with Gasteiger partial charge in [0, 0.05) is 30.1 Å². The second kappa shape index (κ2) is 8.81. The number of benzene rings is 2. The van der Waals surface area contributed by atoms with Crippen molar-refractivity contribution < 1.29 is 18.1 Å². The minimum absolute atomic E-state index is 0.114. The van der Waals surface area contributed by atoms with Crippen LogP contribution < -0.4 is 5.32 Å². The van der Waals surface area contributed by atoms with Crippen molar-refractivity contribution in [1.82, 2.24) is 10.1 Å². The van der Waals surface area contributed by atoms with Gasteiger partial charge < -0.3 is 14.7 Å². The van der Waals surface area contributed by atoms with Crippen LogP contribution in [0.4, 0.5) is 19.3 Å². The molecule has 1 aromatic heterocycles. The number of hydrogen-bond acceptors (Lipinski definition) is 3. The number of urea groups is 1. The van der Waals surface area contributed by atoms with Crippen LogP contribution >= 0.6 is 0 Å². The lowest BCUT2D eigenvalue weighted by Crippen LogP contribution is -2.40. The van der Waals surface area contributed by atoms with Crippen molar-refractivity contribution in [3.8, 4) is 0 Å². The number of nitrogens with zero attached hydrogens (tertiary/aromatic N) is 2. The third kappa shape index (κ3) is 4.30. The number of aryl methyl sites for hydroxylation is 1. The molecule has 5 nitrogen and oxygen atoms in total. The number of unbranched alkanes of at least 4 members (excludes halogenated alkanes) is 1. The number of halogens is 2. The normalized spacial score (nSPS) is 15.0. The molecule has 2 aromatic carbocycles. The van der Waals surface area contributed by atoms with Gasteiger partial charge in [0.15, 0.2) is 5.58 Å². The first-order chi connectivity index (χ1) is 14.5. The summed E-state index contributed by atoms with van der Waals surface area (Å²) in [6, 6.07) is 8.90. The molecule has 1 aliphatic rings. The van der Waals surface area contributed by atoms with Crippen molar-refractivity contribution in [2.75, 3.05) is 18.4 Å². The van der Waals surface area contributed by atoms with E-state index in [0.29, 0.717) is 41.7 Å². The van der Waals surface area contributed by atoms with E-state index in [2.05, 4.69) is 17.4 Å². The average molecular weight is 413 g/mol. The molecular weight excluding hydrogens is 388 g/mol. The third-order valence-electron chi connectivity index (χ3n) is 5.73. The molecule has 0 radical (unpaired) electrons. The fraction of sp³-hybridized carbons (Fsp3) is 0.391. The molecule has 0 spiro atoms. The van der Waals surface area contributed by atoms with Gasteiger partial charge in [0.25, 0.3) is 0 Å². The predicted molar refractivity (Wildman–Crippen MR) is 112 cm³/mol. The minimum Gasteiger partial charge on any atom is -0.356 e. The lowest BCUT2D eigenvalue weighted by molar-refractivity contribution is 0.193. The Morgan fingerprint density at radius 1 is 1.20 bits per heavy atom. The standard InChI is InChI=1S/C23H25F2N3O2/c1-2-3-4-16-13-18(6-7-20(16)25)26-23(29)28-11-9-15(10-12-28)22-19-14-17(24)5-8-21(19)30-27-22/h5-8,13-15H,2-4,9-12H2,1H3,(H,26,29). The van der Waals surface area contributed by atoms with E-state index in [1.165, 1.54) is 18.2 Å². The number of aromatic nitrogens is 1. The maximum absolute atomic E-state index is 13.9. The lowest BCUT2D eigenvalue weighted by Gasteiger charge is -2.31. The van der Waals surface area contributed by atoms with Crippen LogP contribution in [0.25, 0.3) is 11.0 Å². The van der Waals surface area contributed by atoms with Crippen LogP contribution in [0.1, 0.15) is 49.8 Å². The fourth-order valence-electron chi connectivity index (χ4n) is 3.99. The summed E-state index contributed by atoms with van der Waals surface area (Å²) in [7, 11) is 0. The van der Waals surface area contributed by atoms with Gasteiger partial charge in [0.2, 0.25) is 0 Å². The van der Waals surface area contributed by atoms with Gasteiger partial charge in [-0.3, -0.25) is 0 Å². The number of nitrogens with one attached hydrogen (secondary N) is 1. The minimum atomic E-state index is -0.318. The van der Waals surface area contributed by atoms with E-state index in [9.17, 15) is 13.6 Å². The summed E-state index contributed by atoms with van der Waals surface area (Å²) in [6.07, 6.45) is 3.98. The van der Waals surface area contributed by atoms with E-state index in [4.69, 9.17) is 4.52 Å². The summed E-state index contributed by atoms with van der Waals surface area (Å²) in [5.74, 6) is -0.441. The average Bonchev–Trinajstić information content (AvgIpc) is 3.17. The number of rotatable bonds is 5. The summed E-state index contributed by atoms with van der Waals surface area (Å²) in [6.45, 7) is 3.18. The molecule has 0 bridgehead atoms. The SMILES string of the molecule is CCCCc1cc(NC(=O)N2CCC(c3noc4ccc(F)cc34)CC2)ccc1F. The lowest BCUT2D eigenvalue weighted by atomic mass is 9.92. The van der Waals surface area contributed by atoms with Crippen LogP contribution in [0.15, 0.2) is 40.9 Å². The zero-order chi connectivity index (χ0) is 21.1. The van der Waals surface area contributed by atoms with Crippen LogP contribution in [0.3, 0.4) is 0 Å². The number of hydrogen-bond donors (Lipinski definition) is 1. The Balaban J connectivity index is 1.38. The highest BCUT2D eigenvalue weighted by molar-refractivity contribution is 5.89. The summed E-state index contributed by atoms with van der Waals surface area (Å²) in [4.78, 5) is 14.4. The van der Waals surface area contributed by atoms with Crippen molar-refractivity contribution >= 4 is 22.7 Å². The van der Waals surface area contributed by atoms with Crippen molar-refractivity contribution in [1.29, 1.82) is 0 Å². The quantitative estimate of drug-likeness (QED) is 0.570. The molecule has 3 aromatic rings. The van der Waals surface area contributed by atoms with Crippen LogP contribution in [-0.4, -0.2) is 29.2 Å². The Bertz CT molecular complexity index is 1040. The van der Waals surface area contributed by atoms with Crippen LogP contribution in [0.2, 0.25) is 0 Å². The summed E-state index contributed by atoms with van der Waals surface area (Å²) in [5.41, 5.74) is 2.55. The molecule has 2 heterocycles. The largest absolute Gasteiger partial charge is 0.356 e. The van der Waals surface area contributed by atoms with E-state index < -0.39 is 0 Å². The molecule has 1 fully saturated rings. The van der Waals surface area contributed by atoms with Gasteiger partial charge in [0.05, 0.1) is 5.69 Å². The number of anilines is 1. The number of piperidine rings is 1. The number of carbonyl (C=O) groups excluding carboxylic acids is 1. The summed E-state index contributed by atoms with van der Waals surface area (Å²) < 4.78 is 32.9. The molecule has 158 valence electrons. The second-order valence-electron chi connectivity index (χ2n) is 7.81. The van der Waals surface area contributed by atoms with E-state index >= 15 is 0 Å². The fourth-order valence-corrected chi connectivity index (χ4v) is 3.99. The van der Waals surface area contributed by atoms with Crippen molar-refractivity contribution in [2.24, 2.45) is 0 Å². The van der Waals surface area contributed by atoms with E-state index in [0.717, 1.165) is 31.4 Å². The number of fused-ring (bicyclic) bond motifs is 1. The van der Waals surface area contributed by atoms with Gasteiger partial charge in [-0.05, 0) is 67.6 Å². The van der Waals surface area contributed by atoms with E-state index in [1.54, 1.807) is 23.1 Å². The highest BCUT2D eigenvalue weighted by atomic mass is 19.1. The molecule has 0 atom stereocenters. The first-order valence-corrected chi connectivity index (χ1v) is 10.4. The molecular formula is C23H25F2N3O2. The molecule has 0 unspecified atom stereocenters. The zero-order valence-corrected chi connectivity index (χ0v) is 17.0. The van der Waals surface area contributed by atoms with Gasteiger partial charge in [-0.25, -0.2) is 13.6 Å². The Hall–Kier alpha value is -2.96. The maximum Gasteiger partial charge on any atom is 0.321 e. The molecule has 4 rings (SSSR count). The molecule has 2 amide bonds. The molecule has 7 heteroatoms. The van der Waals surface area contributed by atoms with Gasteiger partial charge >= 0.3 is 6.03 Å². The van der Waals surface area contributed by atoms with Crippen LogP contribution in [0.5, 0.6) is 0 Å². The maximum atomic E-state index is 13.9. The van der Waals surface area contributed by atoms with Gasteiger partial charge in [0.1, 0.15) is 11.6 Å². The molecule has 1 saturated heterocycles. The Morgan fingerprint density at radius 2 is 2.00 bits per heavy atom. The Kier molecular flexibility index (Phi) is 5.97. The van der Waals surface area contributed by atoms with Gasteiger partial charge in [-0.1, -0.05) is 18.5 Å². The first kappa shape index (κ1) is 20.3. The van der Waals surface area contributed by atoms with Crippen LogP contribution in [-0.2, 0) is 6.42 Å². The first-order valence-electron chi connectivity index (χ1n) is 10.4. The topological polar surface area (TPSA) is 58.4 Å². The van der Waals surface area contributed by atoms with Crippen molar-refractivity contribution in [3.05, 3.63) is 59.3 Å². The molecule has 1 aliphatic heterocycles. The summed E-state index contributed by atoms with van der Waals surface area (Å²) >= 11 is 0. The highest BCUT2D eigenvalue weighted by Crippen LogP contribution is 2.33. The van der Waals surface area contributed by atoms with E-state index in [-0.39, 0.29) is 23.6 Å². The smallest absolute Gasteiger partial charge is 0.321 e. The van der Waals surface area contributed by atoms with Gasteiger partial charge in [-0.15, -0.1) is 0 Å². The number of likely N-dealkylation sites (tertiary alicyclic amines) is 1. The summed E-state index contributed by atoms with van der Waals surface area (Å²) in [5, 5.41) is 7.72. The molecule has 1 N–H and O–H groups in total. The predicted octanol–water partition coefficient (Wildman–Crippen LogP) is 5.86. The zero-order valence-electron chi connectivity index (χ0n) is 17.0. The van der Waals surface area contributed by atoms with Crippen molar-refractivity contribution in [3.63, 3.8) is 0 Å². The molecule has 30 heavy (non-hydrogen) atoms.